The van der Waals surface area contributed by atoms with Crippen LogP contribution in [-0.4, -0.2) is 23.0 Å². The Bertz CT molecular complexity index is 215. The number of nitrogens with zero attached hydrogens (tertiary/aromatic N) is 2. The van der Waals surface area contributed by atoms with Gasteiger partial charge in [0.1, 0.15) is 0 Å². The highest BCUT2D eigenvalue weighted by atomic mass is 15.2. The first-order valence-electron chi connectivity index (χ1n) is 5.39. The van der Waals surface area contributed by atoms with Crippen molar-refractivity contribution in [3.8, 4) is 6.07 Å². The zero-order valence-electron chi connectivity index (χ0n) is 8.53. The van der Waals surface area contributed by atoms with Crippen LogP contribution in [-0.2, 0) is 0 Å². The minimum absolute atomic E-state index is 0.340. The van der Waals surface area contributed by atoms with Gasteiger partial charge in [-0.25, -0.2) is 0 Å². The van der Waals surface area contributed by atoms with Gasteiger partial charge in [-0.2, -0.15) is 5.26 Å². The molecule has 2 heteroatoms. The molecule has 0 spiro atoms. The summed E-state index contributed by atoms with van der Waals surface area (Å²) in [7, 11) is 0. The molecule has 0 amide bonds. The summed E-state index contributed by atoms with van der Waals surface area (Å²) in [5.41, 5.74) is 0. The van der Waals surface area contributed by atoms with Gasteiger partial charge in [-0.15, -0.1) is 0 Å². The summed E-state index contributed by atoms with van der Waals surface area (Å²) in [6.07, 6.45) is 4.87. The fourth-order valence-corrected chi connectivity index (χ4v) is 3.16. The van der Waals surface area contributed by atoms with Crippen LogP contribution in [0.5, 0.6) is 0 Å². The van der Waals surface area contributed by atoms with Gasteiger partial charge in [-0.1, -0.05) is 0 Å². The first-order chi connectivity index (χ1) is 6.22. The van der Waals surface area contributed by atoms with Crippen LogP contribution in [0.25, 0.3) is 0 Å². The zero-order chi connectivity index (χ0) is 9.42. The first-order valence-corrected chi connectivity index (χ1v) is 5.39. The van der Waals surface area contributed by atoms with Crippen molar-refractivity contribution in [3.05, 3.63) is 0 Å². The first kappa shape index (κ1) is 9.02. The van der Waals surface area contributed by atoms with E-state index < -0.39 is 0 Å². The van der Waals surface area contributed by atoms with Gasteiger partial charge in [0, 0.05) is 24.0 Å². The molecule has 0 aromatic heterocycles. The summed E-state index contributed by atoms with van der Waals surface area (Å²) in [4.78, 5) is 2.63. The Balaban J connectivity index is 2.10. The molecule has 0 radical (unpaired) electrons. The Labute approximate surface area is 80.5 Å². The number of fused-ring (bicyclic) bond motifs is 2. The van der Waals surface area contributed by atoms with Crippen molar-refractivity contribution in [1.82, 2.24) is 4.90 Å². The van der Waals surface area contributed by atoms with Gasteiger partial charge in [-0.05, 0) is 39.5 Å². The summed E-state index contributed by atoms with van der Waals surface area (Å²) in [5.74, 6) is 0.340. The molecule has 0 aromatic carbocycles. The van der Waals surface area contributed by atoms with Crippen molar-refractivity contribution in [2.75, 3.05) is 0 Å². The molecule has 2 bridgehead atoms. The molecule has 2 atom stereocenters. The maximum absolute atomic E-state index is 8.91. The predicted octanol–water partition coefficient (Wildman–Crippen LogP) is 2.16. The second-order valence-corrected chi connectivity index (χ2v) is 4.72. The molecular formula is C11H18N2. The molecule has 2 rings (SSSR count). The Morgan fingerprint density at radius 3 is 2.15 bits per heavy atom. The summed E-state index contributed by atoms with van der Waals surface area (Å²) >= 11 is 0. The second kappa shape index (κ2) is 3.31. The minimum Gasteiger partial charge on any atom is -0.295 e. The quantitative estimate of drug-likeness (QED) is 0.615. The van der Waals surface area contributed by atoms with E-state index in [0.717, 1.165) is 12.8 Å². The van der Waals surface area contributed by atoms with E-state index in [1.807, 2.05) is 0 Å². The van der Waals surface area contributed by atoms with Crippen LogP contribution in [0.3, 0.4) is 0 Å². The van der Waals surface area contributed by atoms with Crippen LogP contribution in [0.15, 0.2) is 0 Å². The highest BCUT2D eigenvalue weighted by Gasteiger charge is 2.41. The molecule has 72 valence electrons. The molecular weight excluding hydrogens is 160 g/mol. The summed E-state index contributed by atoms with van der Waals surface area (Å²) < 4.78 is 0. The maximum atomic E-state index is 8.91. The topological polar surface area (TPSA) is 27.0 Å². The maximum Gasteiger partial charge on any atom is 0.0657 e. The lowest BCUT2D eigenvalue weighted by molar-refractivity contribution is 0.0874. The lowest BCUT2D eigenvalue weighted by atomic mass is 9.91. The normalized spacial score (nSPS) is 39.4. The van der Waals surface area contributed by atoms with E-state index in [4.69, 9.17) is 5.26 Å². The average molecular weight is 178 g/mol. The number of hydrogen-bond acceptors (Lipinski definition) is 2. The van der Waals surface area contributed by atoms with Gasteiger partial charge < -0.3 is 0 Å². The molecule has 2 fully saturated rings. The Hall–Kier alpha value is -0.550. The van der Waals surface area contributed by atoms with Crippen molar-refractivity contribution in [3.63, 3.8) is 0 Å². The van der Waals surface area contributed by atoms with Crippen LogP contribution in [0, 0.1) is 17.2 Å². The van der Waals surface area contributed by atoms with Crippen LogP contribution >= 0.6 is 0 Å². The number of piperidine rings is 1. The third-order valence-electron chi connectivity index (χ3n) is 3.57. The van der Waals surface area contributed by atoms with E-state index in [-0.39, 0.29) is 0 Å². The van der Waals surface area contributed by atoms with E-state index in [9.17, 15) is 0 Å². The molecule has 2 aliphatic heterocycles. The fourth-order valence-electron chi connectivity index (χ4n) is 3.16. The lowest BCUT2D eigenvalue weighted by Crippen LogP contribution is -2.46. The highest BCUT2D eigenvalue weighted by Crippen LogP contribution is 2.39. The fraction of sp³-hybridized carbons (Fsp3) is 0.909. The lowest BCUT2D eigenvalue weighted by Gasteiger charge is -2.39. The van der Waals surface area contributed by atoms with E-state index in [1.54, 1.807) is 0 Å². The van der Waals surface area contributed by atoms with E-state index >= 15 is 0 Å². The van der Waals surface area contributed by atoms with Crippen LogP contribution in [0.1, 0.15) is 39.5 Å². The highest BCUT2D eigenvalue weighted by molar-refractivity contribution is 5.01. The zero-order valence-corrected chi connectivity index (χ0v) is 8.53. The smallest absolute Gasteiger partial charge is 0.0657 e. The van der Waals surface area contributed by atoms with E-state index in [2.05, 4.69) is 24.8 Å². The van der Waals surface area contributed by atoms with Gasteiger partial charge in [-0.3, -0.25) is 4.90 Å². The summed E-state index contributed by atoms with van der Waals surface area (Å²) in [5, 5.41) is 8.91. The van der Waals surface area contributed by atoms with Gasteiger partial charge in [0.2, 0.25) is 0 Å². The van der Waals surface area contributed by atoms with Crippen molar-refractivity contribution in [2.24, 2.45) is 5.92 Å². The number of hydrogen-bond donors (Lipinski definition) is 0. The van der Waals surface area contributed by atoms with Crippen molar-refractivity contribution in [1.29, 1.82) is 5.26 Å². The molecule has 0 saturated carbocycles. The number of nitriles is 1. The third-order valence-corrected chi connectivity index (χ3v) is 3.57. The van der Waals surface area contributed by atoms with Gasteiger partial charge in [0.25, 0.3) is 0 Å². The Morgan fingerprint density at radius 1 is 1.23 bits per heavy atom. The van der Waals surface area contributed by atoms with Crippen molar-refractivity contribution >= 4 is 0 Å². The van der Waals surface area contributed by atoms with Crippen molar-refractivity contribution in [2.45, 2.75) is 57.7 Å². The van der Waals surface area contributed by atoms with E-state index in [0.29, 0.717) is 24.0 Å². The van der Waals surface area contributed by atoms with Crippen LogP contribution in [0.2, 0.25) is 0 Å². The molecule has 0 N–H and O–H groups in total. The van der Waals surface area contributed by atoms with Crippen LogP contribution < -0.4 is 0 Å². The van der Waals surface area contributed by atoms with Gasteiger partial charge >= 0.3 is 0 Å². The molecule has 0 aliphatic carbocycles. The second-order valence-electron chi connectivity index (χ2n) is 4.72. The Morgan fingerprint density at radius 2 is 1.77 bits per heavy atom. The monoisotopic (exact) mass is 178 g/mol. The van der Waals surface area contributed by atoms with Crippen LogP contribution in [0.4, 0.5) is 0 Å². The molecule has 0 aromatic rings. The minimum atomic E-state index is 0.340. The average Bonchev–Trinajstić information content (AvgIpc) is 2.37. The Kier molecular flexibility index (Phi) is 2.29. The van der Waals surface area contributed by atoms with Gasteiger partial charge in [0.15, 0.2) is 0 Å². The number of rotatable bonds is 1. The van der Waals surface area contributed by atoms with E-state index in [1.165, 1.54) is 12.8 Å². The standard InChI is InChI=1S/C11H18N2/c1-8(2)13-10-3-4-11(13)6-9(5-10)7-12/h8-11H,3-6H2,1-2H3. The molecule has 2 heterocycles. The summed E-state index contributed by atoms with van der Waals surface area (Å²) in [6, 6.07) is 4.52. The third kappa shape index (κ3) is 1.46. The molecule has 2 nitrogen and oxygen atoms in total. The van der Waals surface area contributed by atoms with Crippen molar-refractivity contribution < 1.29 is 0 Å². The molecule has 2 unspecified atom stereocenters. The predicted molar refractivity (Wildman–Crippen MR) is 52.1 cm³/mol. The largest absolute Gasteiger partial charge is 0.295 e. The van der Waals surface area contributed by atoms with Gasteiger partial charge in [0.05, 0.1) is 6.07 Å². The SMILES string of the molecule is CC(C)N1C2CCC1CC(C#N)C2. The molecule has 2 aliphatic rings. The summed E-state index contributed by atoms with van der Waals surface area (Å²) in [6.45, 7) is 4.55. The molecule has 2 saturated heterocycles. The molecule has 13 heavy (non-hydrogen) atoms.